The van der Waals surface area contributed by atoms with Gasteiger partial charge in [0.05, 0.1) is 23.3 Å². The summed E-state index contributed by atoms with van der Waals surface area (Å²) in [5.41, 5.74) is -5.20. The Balaban J connectivity index is 2.52. The lowest BCUT2D eigenvalue weighted by molar-refractivity contribution is -0.0436. The number of amides is 1. The van der Waals surface area contributed by atoms with Crippen LogP contribution < -0.4 is 10.1 Å². The molecule has 0 aromatic heterocycles. The average molecular weight is 524 g/mol. The predicted molar refractivity (Wildman–Crippen MR) is 113 cm³/mol. The van der Waals surface area contributed by atoms with Crippen LogP contribution in [0.4, 0.5) is 18.9 Å². The van der Waals surface area contributed by atoms with E-state index in [4.69, 9.17) is 4.74 Å². The Hall–Kier alpha value is -2.27. The topological polar surface area (TPSA) is 92.7 Å². The van der Waals surface area contributed by atoms with Gasteiger partial charge < -0.3 is 15.2 Å². The van der Waals surface area contributed by atoms with Gasteiger partial charge in [0, 0.05) is 15.6 Å². The number of phenols is 1. The average Bonchev–Trinajstić information content (AvgIpc) is 2.61. The van der Waals surface area contributed by atoms with E-state index in [0.29, 0.717) is 16.9 Å². The van der Waals surface area contributed by atoms with E-state index in [1.165, 1.54) is 7.11 Å². The number of methoxy groups -OCH3 is 1. The van der Waals surface area contributed by atoms with Crippen LogP contribution in [0.1, 0.15) is 42.3 Å². The molecule has 0 heterocycles. The highest BCUT2D eigenvalue weighted by atomic mass is 79.9. The largest absolute Gasteiger partial charge is 0.507 e. The minimum atomic E-state index is -5.54. The molecule has 0 atom stereocenters. The van der Waals surface area contributed by atoms with E-state index in [9.17, 15) is 31.5 Å². The van der Waals surface area contributed by atoms with Crippen LogP contribution in [0.2, 0.25) is 0 Å². The number of carbonyl (C=O) groups excluding carboxylic acids is 1. The monoisotopic (exact) mass is 523 g/mol. The number of ether oxygens (including phenoxy) is 1. The fourth-order valence-corrected chi connectivity index (χ4v) is 4.30. The van der Waals surface area contributed by atoms with Crippen LogP contribution in [0.5, 0.6) is 11.5 Å². The van der Waals surface area contributed by atoms with Gasteiger partial charge in [0.25, 0.3) is 15.7 Å². The second kappa shape index (κ2) is 8.34. The van der Waals surface area contributed by atoms with Crippen LogP contribution in [-0.4, -0.2) is 32.0 Å². The zero-order valence-electron chi connectivity index (χ0n) is 17.3. The summed E-state index contributed by atoms with van der Waals surface area (Å²) in [6, 6.07) is 4.14. The Labute approximate surface area is 186 Å². The van der Waals surface area contributed by atoms with E-state index < -0.39 is 31.6 Å². The number of hydrogen-bond acceptors (Lipinski definition) is 5. The summed E-state index contributed by atoms with van der Waals surface area (Å²) in [7, 11) is -4.12. The van der Waals surface area contributed by atoms with Crippen LogP contribution in [0.15, 0.2) is 33.6 Å². The van der Waals surface area contributed by atoms with Crippen LogP contribution in [0.25, 0.3) is 0 Å². The van der Waals surface area contributed by atoms with Crippen LogP contribution in [0.3, 0.4) is 0 Å². The number of rotatable bonds is 4. The Morgan fingerprint density at radius 2 is 1.74 bits per heavy atom. The molecule has 0 unspecified atom stereocenters. The van der Waals surface area contributed by atoms with Crippen molar-refractivity contribution in [3.63, 3.8) is 0 Å². The zero-order valence-corrected chi connectivity index (χ0v) is 19.7. The summed E-state index contributed by atoms with van der Waals surface area (Å²) < 4.78 is 66.7. The summed E-state index contributed by atoms with van der Waals surface area (Å²) in [6.07, 6.45) is 0. The molecule has 0 bridgehead atoms. The molecule has 1 amide bonds. The second-order valence-corrected chi connectivity index (χ2v) is 10.6. The third kappa shape index (κ3) is 4.82. The maximum Gasteiger partial charge on any atom is 0.501 e. The number of nitrogens with one attached hydrogen (secondary N) is 1. The third-order valence-corrected chi connectivity index (χ3v) is 6.71. The molecule has 11 heteroatoms. The van der Waals surface area contributed by atoms with Gasteiger partial charge in [-0.25, -0.2) is 8.42 Å². The molecule has 170 valence electrons. The minimum Gasteiger partial charge on any atom is -0.507 e. The van der Waals surface area contributed by atoms with E-state index in [-0.39, 0.29) is 21.5 Å². The van der Waals surface area contributed by atoms with E-state index >= 15 is 0 Å². The summed E-state index contributed by atoms with van der Waals surface area (Å²) in [5.74, 6) is -0.624. The standard InChI is InChI=1S/C20H21BrF3NO5S/c1-10-15(30-5)9-12(19(2,3)4)17(26)16(10)18(27)25-14-7-6-11(8-13(14)21)31(28,29)20(22,23)24/h6-9,26H,1-5H3,(H,25,27). The van der Waals surface area contributed by atoms with Crippen molar-refractivity contribution in [2.75, 3.05) is 12.4 Å². The first kappa shape index (κ1) is 25.0. The number of carbonyl (C=O) groups is 1. The molecule has 0 saturated heterocycles. The Morgan fingerprint density at radius 3 is 2.19 bits per heavy atom. The molecule has 2 aromatic rings. The van der Waals surface area contributed by atoms with Gasteiger partial charge in [-0.15, -0.1) is 0 Å². The van der Waals surface area contributed by atoms with Crippen LogP contribution in [0, 0.1) is 6.92 Å². The van der Waals surface area contributed by atoms with Crippen molar-refractivity contribution in [1.82, 2.24) is 0 Å². The first-order valence-electron chi connectivity index (χ1n) is 8.85. The normalized spacial score (nSPS) is 12.5. The first-order chi connectivity index (χ1) is 14.0. The third-order valence-electron chi connectivity index (χ3n) is 4.57. The van der Waals surface area contributed by atoms with E-state index in [1.807, 2.05) is 20.8 Å². The van der Waals surface area contributed by atoms with Gasteiger partial charge in [0.15, 0.2) is 0 Å². The van der Waals surface area contributed by atoms with Gasteiger partial charge in [-0.3, -0.25) is 4.79 Å². The van der Waals surface area contributed by atoms with Crippen molar-refractivity contribution < 1.29 is 36.2 Å². The number of halogens is 4. The molecule has 6 nitrogen and oxygen atoms in total. The zero-order chi connectivity index (χ0) is 23.9. The Bertz CT molecular complexity index is 1140. The molecule has 0 aliphatic carbocycles. The van der Waals surface area contributed by atoms with E-state index in [2.05, 4.69) is 21.2 Å². The molecule has 0 aliphatic rings. The van der Waals surface area contributed by atoms with Gasteiger partial charge in [-0.2, -0.15) is 13.2 Å². The maximum absolute atomic E-state index is 13.0. The lowest BCUT2D eigenvalue weighted by atomic mass is 9.83. The van der Waals surface area contributed by atoms with Crippen molar-refractivity contribution >= 4 is 37.4 Å². The van der Waals surface area contributed by atoms with Crippen molar-refractivity contribution in [2.24, 2.45) is 0 Å². The summed E-state index contributed by atoms with van der Waals surface area (Å²) in [5, 5.41) is 13.2. The van der Waals surface area contributed by atoms with Crippen molar-refractivity contribution in [2.45, 2.75) is 43.5 Å². The molecule has 0 aliphatic heterocycles. The fourth-order valence-electron chi connectivity index (χ4n) is 2.89. The highest BCUT2D eigenvalue weighted by molar-refractivity contribution is 9.10. The number of sulfone groups is 1. The predicted octanol–water partition coefficient (Wildman–Crippen LogP) is 5.32. The summed E-state index contributed by atoms with van der Waals surface area (Å²) in [6.45, 7) is 7.10. The minimum absolute atomic E-state index is 0.0186. The number of benzene rings is 2. The van der Waals surface area contributed by atoms with E-state index in [0.717, 1.165) is 18.2 Å². The van der Waals surface area contributed by atoms with Gasteiger partial charge in [-0.1, -0.05) is 20.8 Å². The number of alkyl halides is 3. The van der Waals surface area contributed by atoms with Crippen molar-refractivity contribution in [1.29, 1.82) is 0 Å². The molecule has 0 radical (unpaired) electrons. The number of phenolic OH excluding ortho intramolecular Hbond substituents is 1. The Morgan fingerprint density at radius 1 is 1.16 bits per heavy atom. The highest BCUT2D eigenvalue weighted by Gasteiger charge is 2.47. The molecule has 0 saturated carbocycles. The smallest absolute Gasteiger partial charge is 0.501 e. The van der Waals surface area contributed by atoms with Crippen LogP contribution in [-0.2, 0) is 15.3 Å². The lowest BCUT2D eigenvalue weighted by Crippen LogP contribution is -2.23. The molecule has 0 spiro atoms. The van der Waals surface area contributed by atoms with Crippen molar-refractivity contribution in [3.8, 4) is 11.5 Å². The molecule has 0 fully saturated rings. The fraction of sp³-hybridized carbons (Fsp3) is 0.350. The van der Waals surface area contributed by atoms with Gasteiger partial charge in [-0.05, 0) is 52.5 Å². The van der Waals surface area contributed by atoms with E-state index in [1.54, 1.807) is 13.0 Å². The summed E-state index contributed by atoms with van der Waals surface area (Å²) in [4.78, 5) is 12.0. The molecular formula is C20H21BrF3NO5S. The van der Waals surface area contributed by atoms with Crippen LogP contribution >= 0.6 is 15.9 Å². The Kier molecular flexibility index (Phi) is 6.73. The number of aromatic hydroxyl groups is 1. The molecule has 2 N–H and O–H groups in total. The number of anilines is 1. The van der Waals surface area contributed by atoms with Gasteiger partial charge in [0.2, 0.25) is 0 Å². The molecule has 31 heavy (non-hydrogen) atoms. The molecule has 2 aromatic carbocycles. The van der Waals surface area contributed by atoms with Crippen molar-refractivity contribution in [3.05, 3.63) is 45.4 Å². The van der Waals surface area contributed by atoms with Gasteiger partial charge in [0.1, 0.15) is 11.5 Å². The summed E-state index contributed by atoms with van der Waals surface area (Å²) >= 11 is 2.99. The maximum atomic E-state index is 13.0. The molecule has 2 rings (SSSR count). The second-order valence-electron chi connectivity index (χ2n) is 7.77. The molecular weight excluding hydrogens is 503 g/mol. The SMILES string of the molecule is COc1cc(C(C)(C)C)c(O)c(C(=O)Nc2ccc(S(=O)(=O)C(F)(F)F)cc2Br)c1C. The number of hydrogen-bond donors (Lipinski definition) is 2. The lowest BCUT2D eigenvalue weighted by Gasteiger charge is -2.24. The highest BCUT2D eigenvalue weighted by Crippen LogP contribution is 2.40. The first-order valence-corrected chi connectivity index (χ1v) is 11.1. The van der Waals surface area contributed by atoms with Gasteiger partial charge >= 0.3 is 5.51 Å². The quantitative estimate of drug-likeness (QED) is 0.566.